The van der Waals surface area contributed by atoms with Gasteiger partial charge in [-0.1, -0.05) is 12.1 Å². The molecule has 1 saturated carbocycles. The Morgan fingerprint density at radius 1 is 1.37 bits per heavy atom. The van der Waals surface area contributed by atoms with E-state index in [1.165, 1.54) is 36.2 Å². The van der Waals surface area contributed by atoms with Crippen LogP contribution in [0.2, 0.25) is 0 Å². The Kier molecular flexibility index (Phi) is 3.76. The van der Waals surface area contributed by atoms with Gasteiger partial charge < -0.3 is 15.0 Å². The van der Waals surface area contributed by atoms with E-state index in [-0.39, 0.29) is 0 Å². The van der Waals surface area contributed by atoms with Gasteiger partial charge in [0, 0.05) is 39.0 Å². The Hall–Kier alpha value is -1.06. The maximum absolute atomic E-state index is 5.31. The third-order valence-corrected chi connectivity index (χ3v) is 4.52. The maximum atomic E-state index is 5.31. The number of hydrogen-bond acceptors (Lipinski definition) is 3. The first-order valence-corrected chi connectivity index (χ1v) is 7.35. The number of aryl methyl sites for hydroxylation is 1. The molecule has 0 unspecified atom stereocenters. The van der Waals surface area contributed by atoms with E-state index in [0.717, 1.165) is 19.4 Å². The molecule has 1 aliphatic carbocycles. The summed E-state index contributed by atoms with van der Waals surface area (Å²) in [6, 6.07) is 7.57. The molecule has 1 heterocycles. The van der Waals surface area contributed by atoms with Crippen molar-refractivity contribution in [3.63, 3.8) is 0 Å². The number of nitrogens with one attached hydrogen (secondary N) is 1. The molecule has 1 aromatic rings. The average Bonchev–Trinajstić information content (AvgIpc) is 2.37. The lowest BCUT2D eigenvalue weighted by Gasteiger charge is -2.35. The summed E-state index contributed by atoms with van der Waals surface area (Å²) in [6.45, 7) is 2.17. The SMILES string of the molecule is COC1CC(NCc2ccc3c(c2)CCCN3C)C1. The highest BCUT2D eigenvalue weighted by atomic mass is 16.5. The van der Waals surface area contributed by atoms with E-state index < -0.39 is 0 Å². The Balaban J connectivity index is 1.57. The first-order chi connectivity index (χ1) is 9.26. The molecule has 0 bridgehead atoms. The van der Waals surface area contributed by atoms with Crippen molar-refractivity contribution in [2.75, 3.05) is 25.6 Å². The third-order valence-electron chi connectivity index (χ3n) is 4.52. The highest BCUT2D eigenvalue weighted by Gasteiger charge is 2.28. The minimum atomic E-state index is 0.481. The second-order valence-electron chi connectivity index (χ2n) is 5.90. The van der Waals surface area contributed by atoms with Crippen molar-refractivity contribution in [2.45, 2.75) is 44.4 Å². The van der Waals surface area contributed by atoms with Gasteiger partial charge in [-0.25, -0.2) is 0 Å². The standard InChI is InChI=1S/C16H24N2O/c1-18-7-3-4-13-8-12(5-6-16(13)18)11-17-14-9-15(10-14)19-2/h5-6,8,14-15,17H,3-4,7,9-11H2,1-2H3. The van der Waals surface area contributed by atoms with Crippen LogP contribution in [0.1, 0.15) is 30.4 Å². The Bertz CT molecular complexity index is 440. The molecule has 3 heteroatoms. The molecule has 0 aromatic heterocycles. The van der Waals surface area contributed by atoms with Crippen molar-refractivity contribution < 1.29 is 4.74 Å². The van der Waals surface area contributed by atoms with E-state index in [9.17, 15) is 0 Å². The van der Waals surface area contributed by atoms with Crippen LogP contribution >= 0.6 is 0 Å². The number of nitrogens with zero attached hydrogens (tertiary/aromatic N) is 1. The van der Waals surface area contributed by atoms with E-state index in [1.807, 2.05) is 0 Å². The van der Waals surface area contributed by atoms with Crippen molar-refractivity contribution in [3.8, 4) is 0 Å². The summed E-state index contributed by atoms with van der Waals surface area (Å²) in [4.78, 5) is 2.37. The molecule has 0 amide bonds. The zero-order chi connectivity index (χ0) is 13.2. The van der Waals surface area contributed by atoms with E-state index in [0.29, 0.717) is 12.1 Å². The molecular weight excluding hydrogens is 236 g/mol. The van der Waals surface area contributed by atoms with Crippen LogP contribution in [-0.2, 0) is 17.7 Å². The van der Waals surface area contributed by atoms with Crippen LogP contribution in [0, 0.1) is 0 Å². The highest BCUT2D eigenvalue weighted by Crippen LogP contribution is 2.27. The number of benzene rings is 1. The largest absolute Gasteiger partial charge is 0.381 e. The van der Waals surface area contributed by atoms with E-state index in [2.05, 4.69) is 35.5 Å². The smallest absolute Gasteiger partial charge is 0.0601 e. The van der Waals surface area contributed by atoms with Gasteiger partial charge in [0.15, 0.2) is 0 Å². The number of rotatable bonds is 4. The van der Waals surface area contributed by atoms with E-state index in [4.69, 9.17) is 4.74 Å². The topological polar surface area (TPSA) is 24.5 Å². The number of methoxy groups -OCH3 is 1. The Morgan fingerprint density at radius 3 is 3.00 bits per heavy atom. The minimum Gasteiger partial charge on any atom is -0.381 e. The summed E-state index contributed by atoms with van der Waals surface area (Å²) in [7, 11) is 4.00. The van der Waals surface area contributed by atoms with Gasteiger partial charge in [0.05, 0.1) is 6.10 Å². The third kappa shape index (κ3) is 2.77. The predicted molar refractivity (Wildman–Crippen MR) is 78.7 cm³/mol. The number of ether oxygens (including phenoxy) is 1. The molecule has 104 valence electrons. The number of fused-ring (bicyclic) bond motifs is 1. The minimum absolute atomic E-state index is 0.481. The molecule has 1 aromatic carbocycles. The molecule has 0 saturated heterocycles. The van der Waals surface area contributed by atoms with Crippen LogP contribution in [0.4, 0.5) is 5.69 Å². The van der Waals surface area contributed by atoms with Gasteiger partial charge in [0.2, 0.25) is 0 Å². The molecule has 1 fully saturated rings. The van der Waals surface area contributed by atoms with E-state index in [1.54, 1.807) is 7.11 Å². The molecule has 3 nitrogen and oxygen atoms in total. The second-order valence-corrected chi connectivity index (χ2v) is 5.90. The van der Waals surface area contributed by atoms with Crippen molar-refractivity contribution in [1.29, 1.82) is 0 Å². The van der Waals surface area contributed by atoms with Gasteiger partial charge in [-0.2, -0.15) is 0 Å². The van der Waals surface area contributed by atoms with Crippen LogP contribution < -0.4 is 10.2 Å². The van der Waals surface area contributed by atoms with Gasteiger partial charge in [0.1, 0.15) is 0 Å². The summed E-state index contributed by atoms with van der Waals surface area (Å²) >= 11 is 0. The predicted octanol–water partition coefficient (Wildman–Crippen LogP) is 2.34. The van der Waals surface area contributed by atoms with Crippen LogP contribution in [0.25, 0.3) is 0 Å². The molecule has 1 N–H and O–H groups in total. The molecule has 2 aliphatic rings. The van der Waals surface area contributed by atoms with Crippen molar-refractivity contribution in [1.82, 2.24) is 5.32 Å². The molecule has 0 spiro atoms. The summed E-state index contributed by atoms with van der Waals surface area (Å²) in [5, 5.41) is 3.62. The fourth-order valence-electron chi connectivity index (χ4n) is 3.14. The molecule has 1 aliphatic heterocycles. The Labute approximate surface area is 115 Å². The van der Waals surface area contributed by atoms with Crippen molar-refractivity contribution in [3.05, 3.63) is 29.3 Å². The lowest BCUT2D eigenvalue weighted by Crippen LogP contribution is -2.44. The highest BCUT2D eigenvalue weighted by molar-refractivity contribution is 5.56. The zero-order valence-electron chi connectivity index (χ0n) is 12.0. The first kappa shape index (κ1) is 12.9. The summed E-state index contributed by atoms with van der Waals surface area (Å²) in [5.41, 5.74) is 4.34. The number of hydrogen-bond donors (Lipinski definition) is 1. The van der Waals surface area contributed by atoms with Gasteiger partial charge in [-0.15, -0.1) is 0 Å². The molecule has 0 radical (unpaired) electrons. The van der Waals surface area contributed by atoms with Crippen LogP contribution in [0.3, 0.4) is 0 Å². The fraction of sp³-hybridized carbons (Fsp3) is 0.625. The van der Waals surface area contributed by atoms with Gasteiger partial charge in [-0.3, -0.25) is 0 Å². The summed E-state index contributed by atoms with van der Waals surface area (Å²) in [6.07, 6.45) is 5.30. The zero-order valence-corrected chi connectivity index (χ0v) is 12.0. The van der Waals surface area contributed by atoms with Crippen LogP contribution in [0.5, 0.6) is 0 Å². The van der Waals surface area contributed by atoms with Gasteiger partial charge in [0.25, 0.3) is 0 Å². The van der Waals surface area contributed by atoms with Crippen LogP contribution in [0.15, 0.2) is 18.2 Å². The molecule has 19 heavy (non-hydrogen) atoms. The maximum Gasteiger partial charge on any atom is 0.0601 e. The second kappa shape index (κ2) is 5.51. The lowest BCUT2D eigenvalue weighted by molar-refractivity contribution is 0.0170. The van der Waals surface area contributed by atoms with Crippen molar-refractivity contribution >= 4 is 5.69 Å². The van der Waals surface area contributed by atoms with Crippen LogP contribution in [-0.4, -0.2) is 32.8 Å². The van der Waals surface area contributed by atoms with Crippen molar-refractivity contribution in [2.24, 2.45) is 0 Å². The summed E-state index contributed by atoms with van der Waals surface area (Å²) < 4.78 is 5.31. The van der Waals surface area contributed by atoms with Gasteiger partial charge >= 0.3 is 0 Å². The normalized spacial score (nSPS) is 25.9. The quantitative estimate of drug-likeness (QED) is 0.899. The lowest BCUT2D eigenvalue weighted by atomic mass is 9.89. The number of anilines is 1. The molecular formula is C16H24N2O. The molecule has 0 atom stereocenters. The monoisotopic (exact) mass is 260 g/mol. The first-order valence-electron chi connectivity index (χ1n) is 7.35. The average molecular weight is 260 g/mol. The fourth-order valence-corrected chi connectivity index (χ4v) is 3.14. The molecule has 3 rings (SSSR count). The Morgan fingerprint density at radius 2 is 2.21 bits per heavy atom. The summed E-state index contributed by atoms with van der Waals surface area (Å²) in [5.74, 6) is 0. The van der Waals surface area contributed by atoms with Gasteiger partial charge in [-0.05, 0) is 42.9 Å². The van der Waals surface area contributed by atoms with E-state index >= 15 is 0 Å².